The van der Waals surface area contributed by atoms with Crippen LogP contribution in [-0.4, -0.2) is 25.7 Å². The molecule has 0 saturated carbocycles. The van der Waals surface area contributed by atoms with Gasteiger partial charge in [0, 0.05) is 12.6 Å². The van der Waals surface area contributed by atoms with E-state index in [0.717, 1.165) is 32.5 Å². The first-order valence-corrected chi connectivity index (χ1v) is 4.83. The van der Waals surface area contributed by atoms with E-state index in [4.69, 9.17) is 11.5 Å². The molecule has 0 aliphatic carbocycles. The molecule has 0 aliphatic heterocycles. The quantitative estimate of drug-likeness (QED) is 0.519. The van der Waals surface area contributed by atoms with Crippen LogP contribution in [0.5, 0.6) is 0 Å². The Labute approximate surface area is 75.9 Å². The van der Waals surface area contributed by atoms with Crippen molar-refractivity contribution in [1.29, 1.82) is 0 Å². The molecular weight excluding hydrogens is 150 g/mol. The molecular formula is C9H23N3. The Hall–Kier alpha value is -0.120. The molecule has 3 heteroatoms. The summed E-state index contributed by atoms with van der Waals surface area (Å²) >= 11 is 0. The predicted molar refractivity (Wildman–Crippen MR) is 54.0 cm³/mol. The van der Waals surface area contributed by atoms with Gasteiger partial charge in [-0.3, -0.25) is 0 Å². The van der Waals surface area contributed by atoms with E-state index in [1.807, 2.05) is 0 Å². The standard InChI is InChI=1S/C9H23N3/c1-8(2)6-12-7-9(11)4-3-5-10/h8-9,12H,3-7,10-11H2,1-2H3/t9-/m0/s1. The van der Waals surface area contributed by atoms with Crippen LogP contribution in [0.1, 0.15) is 26.7 Å². The third kappa shape index (κ3) is 7.98. The van der Waals surface area contributed by atoms with Crippen LogP contribution in [-0.2, 0) is 0 Å². The van der Waals surface area contributed by atoms with Crippen LogP contribution < -0.4 is 16.8 Å². The van der Waals surface area contributed by atoms with E-state index in [1.54, 1.807) is 0 Å². The summed E-state index contributed by atoms with van der Waals surface area (Å²) in [5.41, 5.74) is 11.2. The van der Waals surface area contributed by atoms with Gasteiger partial charge in [-0.2, -0.15) is 0 Å². The second-order valence-corrected chi connectivity index (χ2v) is 3.74. The van der Waals surface area contributed by atoms with E-state index in [-0.39, 0.29) is 6.04 Å². The summed E-state index contributed by atoms with van der Waals surface area (Å²) in [5.74, 6) is 0.701. The molecule has 0 aromatic carbocycles. The van der Waals surface area contributed by atoms with Gasteiger partial charge in [-0.1, -0.05) is 13.8 Å². The van der Waals surface area contributed by atoms with Gasteiger partial charge in [0.25, 0.3) is 0 Å². The van der Waals surface area contributed by atoms with Gasteiger partial charge in [0.15, 0.2) is 0 Å². The lowest BCUT2D eigenvalue weighted by Gasteiger charge is -2.13. The van der Waals surface area contributed by atoms with E-state index in [0.29, 0.717) is 5.92 Å². The van der Waals surface area contributed by atoms with Crippen LogP contribution in [0.4, 0.5) is 0 Å². The van der Waals surface area contributed by atoms with Crippen molar-refractivity contribution in [3.8, 4) is 0 Å². The first-order chi connectivity index (χ1) is 5.66. The number of rotatable bonds is 7. The Bertz CT molecular complexity index is 93.8. The molecule has 0 fully saturated rings. The molecule has 12 heavy (non-hydrogen) atoms. The predicted octanol–water partition coefficient (Wildman–Crippen LogP) is 0.298. The Kier molecular flexibility index (Phi) is 7.45. The Morgan fingerprint density at radius 3 is 2.42 bits per heavy atom. The fraction of sp³-hybridized carbons (Fsp3) is 1.00. The van der Waals surface area contributed by atoms with Crippen LogP contribution in [0.3, 0.4) is 0 Å². The summed E-state index contributed by atoms with van der Waals surface area (Å²) in [5, 5.41) is 3.33. The average Bonchev–Trinajstić information content (AvgIpc) is 2.00. The van der Waals surface area contributed by atoms with Gasteiger partial charge in [-0.25, -0.2) is 0 Å². The van der Waals surface area contributed by atoms with E-state index >= 15 is 0 Å². The van der Waals surface area contributed by atoms with Crippen LogP contribution in [0.15, 0.2) is 0 Å². The third-order valence-corrected chi connectivity index (χ3v) is 1.74. The summed E-state index contributed by atoms with van der Waals surface area (Å²) in [6.07, 6.45) is 2.06. The van der Waals surface area contributed by atoms with Crippen LogP contribution in [0.25, 0.3) is 0 Å². The number of hydrogen-bond acceptors (Lipinski definition) is 3. The minimum atomic E-state index is 0.271. The zero-order chi connectivity index (χ0) is 9.40. The van der Waals surface area contributed by atoms with Gasteiger partial charge in [0.1, 0.15) is 0 Å². The summed E-state index contributed by atoms with van der Waals surface area (Å²) in [4.78, 5) is 0. The molecule has 0 aromatic rings. The zero-order valence-electron chi connectivity index (χ0n) is 8.34. The summed E-state index contributed by atoms with van der Waals surface area (Å²) in [6.45, 7) is 7.10. The molecule has 0 rings (SSSR count). The van der Waals surface area contributed by atoms with Gasteiger partial charge >= 0.3 is 0 Å². The molecule has 0 radical (unpaired) electrons. The molecule has 0 aliphatic rings. The highest BCUT2D eigenvalue weighted by molar-refractivity contribution is 4.65. The maximum atomic E-state index is 5.83. The SMILES string of the molecule is CC(C)CNC[C@@H](N)CCCN. The van der Waals surface area contributed by atoms with Gasteiger partial charge in [-0.15, -0.1) is 0 Å². The monoisotopic (exact) mass is 173 g/mol. The van der Waals surface area contributed by atoms with E-state index in [2.05, 4.69) is 19.2 Å². The lowest BCUT2D eigenvalue weighted by Crippen LogP contribution is -2.35. The number of nitrogens with one attached hydrogen (secondary N) is 1. The fourth-order valence-corrected chi connectivity index (χ4v) is 1.04. The average molecular weight is 173 g/mol. The molecule has 0 amide bonds. The van der Waals surface area contributed by atoms with Crippen molar-refractivity contribution in [3.63, 3.8) is 0 Å². The van der Waals surface area contributed by atoms with Gasteiger partial charge in [0.2, 0.25) is 0 Å². The lowest BCUT2D eigenvalue weighted by molar-refractivity contribution is 0.491. The van der Waals surface area contributed by atoms with Crippen molar-refractivity contribution >= 4 is 0 Å². The lowest BCUT2D eigenvalue weighted by atomic mass is 10.1. The van der Waals surface area contributed by atoms with Crippen molar-refractivity contribution in [2.45, 2.75) is 32.7 Å². The van der Waals surface area contributed by atoms with Crippen LogP contribution in [0, 0.1) is 5.92 Å². The second-order valence-electron chi connectivity index (χ2n) is 3.74. The number of nitrogens with two attached hydrogens (primary N) is 2. The molecule has 0 saturated heterocycles. The van der Waals surface area contributed by atoms with Crippen molar-refractivity contribution in [2.24, 2.45) is 17.4 Å². The molecule has 3 nitrogen and oxygen atoms in total. The van der Waals surface area contributed by atoms with E-state index in [1.165, 1.54) is 0 Å². The van der Waals surface area contributed by atoms with Crippen molar-refractivity contribution < 1.29 is 0 Å². The van der Waals surface area contributed by atoms with Crippen molar-refractivity contribution in [1.82, 2.24) is 5.32 Å². The van der Waals surface area contributed by atoms with Crippen LogP contribution >= 0.6 is 0 Å². The number of hydrogen-bond donors (Lipinski definition) is 3. The first-order valence-electron chi connectivity index (χ1n) is 4.83. The molecule has 1 atom stereocenters. The smallest absolute Gasteiger partial charge is 0.0165 e. The highest BCUT2D eigenvalue weighted by Gasteiger charge is 2.01. The molecule has 0 heterocycles. The van der Waals surface area contributed by atoms with Crippen molar-refractivity contribution in [2.75, 3.05) is 19.6 Å². The normalized spacial score (nSPS) is 13.8. The highest BCUT2D eigenvalue weighted by atomic mass is 14.9. The summed E-state index contributed by atoms with van der Waals surface area (Å²) < 4.78 is 0. The molecule has 74 valence electrons. The van der Waals surface area contributed by atoms with E-state index in [9.17, 15) is 0 Å². The van der Waals surface area contributed by atoms with Crippen molar-refractivity contribution in [3.05, 3.63) is 0 Å². The van der Waals surface area contributed by atoms with Gasteiger partial charge in [-0.05, 0) is 31.8 Å². The Balaban J connectivity index is 3.13. The zero-order valence-corrected chi connectivity index (χ0v) is 8.34. The largest absolute Gasteiger partial charge is 0.330 e. The topological polar surface area (TPSA) is 64.1 Å². The first kappa shape index (κ1) is 11.9. The molecule has 0 aromatic heterocycles. The van der Waals surface area contributed by atoms with E-state index < -0.39 is 0 Å². The van der Waals surface area contributed by atoms with Crippen LogP contribution in [0.2, 0.25) is 0 Å². The third-order valence-electron chi connectivity index (χ3n) is 1.74. The second kappa shape index (κ2) is 7.53. The molecule has 0 spiro atoms. The Morgan fingerprint density at radius 1 is 1.25 bits per heavy atom. The molecule has 5 N–H and O–H groups in total. The Morgan fingerprint density at radius 2 is 1.92 bits per heavy atom. The maximum absolute atomic E-state index is 5.83. The minimum Gasteiger partial charge on any atom is -0.330 e. The minimum absolute atomic E-state index is 0.271. The molecule has 0 unspecified atom stereocenters. The van der Waals surface area contributed by atoms with Gasteiger partial charge in [0.05, 0.1) is 0 Å². The van der Waals surface area contributed by atoms with Gasteiger partial charge < -0.3 is 16.8 Å². The molecule has 0 bridgehead atoms. The highest BCUT2D eigenvalue weighted by Crippen LogP contribution is 1.92. The maximum Gasteiger partial charge on any atom is 0.0165 e. The fourth-order valence-electron chi connectivity index (χ4n) is 1.04. The summed E-state index contributed by atoms with van der Waals surface area (Å²) in [7, 11) is 0. The summed E-state index contributed by atoms with van der Waals surface area (Å²) in [6, 6.07) is 0.271.